The maximum Gasteiger partial charge on any atom is 0.262 e. The van der Waals surface area contributed by atoms with E-state index in [-0.39, 0.29) is 5.56 Å². The summed E-state index contributed by atoms with van der Waals surface area (Å²) in [5.74, 6) is 1.68. The van der Waals surface area contributed by atoms with Crippen LogP contribution in [0.2, 0.25) is 0 Å². The summed E-state index contributed by atoms with van der Waals surface area (Å²) in [7, 11) is 0. The molecule has 0 aliphatic heterocycles. The highest BCUT2D eigenvalue weighted by Gasteiger charge is 2.12. The fourth-order valence-electron chi connectivity index (χ4n) is 3.00. The first-order chi connectivity index (χ1) is 14.3. The minimum Gasteiger partial charge on any atom is -0.494 e. The van der Waals surface area contributed by atoms with E-state index in [9.17, 15) is 4.79 Å². The van der Waals surface area contributed by atoms with Crippen LogP contribution in [-0.2, 0) is 6.54 Å². The number of fused-ring (bicyclic) bond motifs is 1. The number of para-hydroxylation sites is 2. The van der Waals surface area contributed by atoms with E-state index in [1.807, 2.05) is 66.7 Å². The second-order valence-corrected chi connectivity index (χ2v) is 7.59. The third kappa shape index (κ3) is 4.84. The largest absolute Gasteiger partial charge is 0.494 e. The van der Waals surface area contributed by atoms with Crippen LogP contribution in [0.25, 0.3) is 10.9 Å². The Morgan fingerprint density at radius 1 is 0.966 bits per heavy atom. The molecule has 0 unspecified atom stereocenters. The summed E-state index contributed by atoms with van der Waals surface area (Å²) in [6.45, 7) is 1.07. The third-order valence-electron chi connectivity index (χ3n) is 4.42. The van der Waals surface area contributed by atoms with E-state index in [0.29, 0.717) is 18.5 Å². The van der Waals surface area contributed by atoms with E-state index in [2.05, 4.69) is 4.98 Å². The highest BCUT2D eigenvalue weighted by atomic mass is 32.2. The van der Waals surface area contributed by atoms with E-state index in [4.69, 9.17) is 9.72 Å². The smallest absolute Gasteiger partial charge is 0.262 e. The van der Waals surface area contributed by atoms with Crippen LogP contribution >= 0.6 is 11.8 Å². The second kappa shape index (κ2) is 9.39. The van der Waals surface area contributed by atoms with Gasteiger partial charge in [-0.05, 0) is 42.3 Å². The number of hydrogen-bond donors (Lipinski definition) is 0. The number of thioether (sulfide) groups is 1. The number of rotatable bonds is 8. The molecule has 4 rings (SSSR count). The first-order valence-electron chi connectivity index (χ1n) is 9.50. The van der Waals surface area contributed by atoms with Crippen LogP contribution in [0.1, 0.15) is 12.0 Å². The molecular formula is C23H21N3O2S. The van der Waals surface area contributed by atoms with Crippen molar-refractivity contribution in [3.63, 3.8) is 0 Å². The summed E-state index contributed by atoms with van der Waals surface area (Å²) in [6.07, 6.45) is 4.37. The molecule has 0 aliphatic rings. The van der Waals surface area contributed by atoms with Gasteiger partial charge in [-0.2, -0.15) is 0 Å². The summed E-state index contributed by atoms with van der Waals surface area (Å²) in [5, 5.41) is 1.35. The van der Waals surface area contributed by atoms with Gasteiger partial charge in [-0.25, -0.2) is 4.98 Å². The van der Waals surface area contributed by atoms with Crippen LogP contribution in [0, 0.1) is 0 Å². The van der Waals surface area contributed by atoms with Gasteiger partial charge in [-0.3, -0.25) is 14.3 Å². The van der Waals surface area contributed by atoms with E-state index in [1.165, 1.54) is 0 Å². The average molecular weight is 404 g/mol. The molecule has 0 saturated heterocycles. The van der Waals surface area contributed by atoms with Gasteiger partial charge in [-0.1, -0.05) is 48.2 Å². The molecule has 0 amide bonds. The number of pyridine rings is 1. The Bertz CT molecular complexity index is 1130. The molecule has 5 nitrogen and oxygen atoms in total. The Morgan fingerprint density at radius 3 is 2.62 bits per heavy atom. The Labute approximate surface area is 173 Å². The number of ether oxygens (including phenoxy) is 1. The van der Waals surface area contributed by atoms with Crippen molar-refractivity contribution >= 4 is 22.7 Å². The standard InChI is InChI=1S/C23H21N3O2S/c27-22-20-11-4-5-12-21(20)25-23(26(22)17-18-8-6-13-24-16-18)29-15-7-14-28-19-9-2-1-3-10-19/h1-6,8-13,16H,7,14-15,17H2. The average Bonchev–Trinajstić information content (AvgIpc) is 2.77. The normalized spacial score (nSPS) is 10.9. The minimum absolute atomic E-state index is 0.0255. The molecule has 0 bridgehead atoms. The molecule has 6 heteroatoms. The lowest BCUT2D eigenvalue weighted by atomic mass is 10.2. The highest BCUT2D eigenvalue weighted by molar-refractivity contribution is 7.99. The maximum absolute atomic E-state index is 13.1. The first kappa shape index (κ1) is 19.2. The van der Waals surface area contributed by atoms with E-state index in [0.717, 1.165) is 34.2 Å². The summed E-state index contributed by atoms with van der Waals surface area (Å²) < 4.78 is 7.49. The molecule has 2 aromatic heterocycles. The molecule has 0 saturated carbocycles. The molecule has 146 valence electrons. The predicted octanol–water partition coefficient (Wildman–Crippen LogP) is 4.40. The number of aromatic nitrogens is 3. The Morgan fingerprint density at radius 2 is 1.79 bits per heavy atom. The SMILES string of the molecule is O=c1c2ccccc2nc(SCCCOc2ccccc2)n1Cc1cccnc1. The van der Waals surface area contributed by atoms with Gasteiger partial charge in [-0.15, -0.1) is 0 Å². The fourth-order valence-corrected chi connectivity index (χ4v) is 3.91. The van der Waals surface area contributed by atoms with Gasteiger partial charge in [0, 0.05) is 18.1 Å². The van der Waals surface area contributed by atoms with E-state index >= 15 is 0 Å². The zero-order chi connectivity index (χ0) is 19.9. The van der Waals surface area contributed by atoms with Crippen molar-refractivity contribution in [2.45, 2.75) is 18.1 Å². The molecule has 0 spiro atoms. The molecule has 0 N–H and O–H groups in total. The quantitative estimate of drug-likeness (QED) is 0.248. The fraction of sp³-hybridized carbons (Fsp3) is 0.174. The zero-order valence-corrected chi connectivity index (χ0v) is 16.7. The van der Waals surface area contributed by atoms with Crippen molar-refractivity contribution in [3.8, 4) is 5.75 Å². The van der Waals surface area contributed by atoms with Gasteiger partial charge in [0.05, 0.1) is 24.1 Å². The summed E-state index contributed by atoms with van der Waals surface area (Å²) in [6, 6.07) is 21.1. The van der Waals surface area contributed by atoms with Crippen LogP contribution in [-0.4, -0.2) is 26.9 Å². The van der Waals surface area contributed by atoms with Gasteiger partial charge in [0.2, 0.25) is 0 Å². The molecule has 0 radical (unpaired) electrons. The van der Waals surface area contributed by atoms with Crippen molar-refractivity contribution in [2.24, 2.45) is 0 Å². The zero-order valence-electron chi connectivity index (χ0n) is 15.9. The van der Waals surface area contributed by atoms with Crippen molar-refractivity contribution < 1.29 is 4.74 Å². The van der Waals surface area contributed by atoms with Crippen molar-refractivity contribution in [2.75, 3.05) is 12.4 Å². The molecular weight excluding hydrogens is 382 g/mol. The molecule has 0 fully saturated rings. The van der Waals surface area contributed by atoms with Gasteiger partial charge in [0.1, 0.15) is 5.75 Å². The summed E-state index contributed by atoms with van der Waals surface area (Å²) in [4.78, 5) is 22.0. The van der Waals surface area contributed by atoms with Crippen LogP contribution in [0.5, 0.6) is 5.75 Å². The van der Waals surface area contributed by atoms with E-state index in [1.54, 1.807) is 28.7 Å². The minimum atomic E-state index is -0.0255. The van der Waals surface area contributed by atoms with Gasteiger partial charge >= 0.3 is 0 Å². The number of hydrogen-bond acceptors (Lipinski definition) is 5. The lowest BCUT2D eigenvalue weighted by molar-refractivity contribution is 0.318. The molecule has 29 heavy (non-hydrogen) atoms. The van der Waals surface area contributed by atoms with Crippen molar-refractivity contribution in [3.05, 3.63) is 95.0 Å². The second-order valence-electron chi connectivity index (χ2n) is 6.53. The van der Waals surface area contributed by atoms with Crippen molar-refractivity contribution in [1.82, 2.24) is 14.5 Å². The van der Waals surface area contributed by atoms with Gasteiger partial charge in [0.15, 0.2) is 5.16 Å². The monoisotopic (exact) mass is 403 g/mol. The van der Waals surface area contributed by atoms with Gasteiger partial charge in [0.25, 0.3) is 5.56 Å². The Kier molecular flexibility index (Phi) is 6.22. The number of benzene rings is 2. The first-order valence-corrected chi connectivity index (χ1v) is 10.5. The summed E-state index contributed by atoms with van der Waals surface area (Å²) >= 11 is 1.58. The molecule has 0 atom stereocenters. The lowest BCUT2D eigenvalue weighted by Gasteiger charge is -2.13. The van der Waals surface area contributed by atoms with Crippen LogP contribution in [0.3, 0.4) is 0 Å². The lowest BCUT2D eigenvalue weighted by Crippen LogP contribution is -2.24. The van der Waals surface area contributed by atoms with Crippen LogP contribution in [0.4, 0.5) is 0 Å². The van der Waals surface area contributed by atoms with Crippen molar-refractivity contribution in [1.29, 1.82) is 0 Å². The number of nitrogens with zero attached hydrogens (tertiary/aromatic N) is 3. The summed E-state index contributed by atoms with van der Waals surface area (Å²) in [5.41, 5.74) is 1.67. The maximum atomic E-state index is 13.1. The Hall–Kier alpha value is -3.12. The molecule has 2 aromatic carbocycles. The Balaban J connectivity index is 1.50. The third-order valence-corrected chi connectivity index (χ3v) is 5.48. The van der Waals surface area contributed by atoms with E-state index < -0.39 is 0 Å². The molecule has 2 heterocycles. The van der Waals surface area contributed by atoms with Crippen LogP contribution in [0.15, 0.2) is 89.1 Å². The molecule has 4 aromatic rings. The predicted molar refractivity (Wildman–Crippen MR) is 117 cm³/mol. The highest BCUT2D eigenvalue weighted by Crippen LogP contribution is 2.20. The van der Waals surface area contributed by atoms with Crippen LogP contribution < -0.4 is 10.3 Å². The molecule has 0 aliphatic carbocycles. The topological polar surface area (TPSA) is 57.0 Å². The van der Waals surface area contributed by atoms with Gasteiger partial charge < -0.3 is 4.74 Å².